The quantitative estimate of drug-likeness (QED) is 0.850. The highest BCUT2D eigenvalue weighted by Gasteiger charge is 2.23. The van der Waals surface area contributed by atoms with Crippen LogP contribution in [0.25, 0.3) is 0 Å². The third-order valence-corrected chi connectivity index (χ3v) is 4.77. The second-order valence-electron chi connectivity index (χ2n) is 6.75. The minimum atomic E-state index is 0.000587. The molecule has 1 aliphatic heterocycles. The number of nitrogens with zero attached hydrogens (tertiary/aromatic N) is 2. The van der Waals surface area contributed by atoms with Gasteiger partial charge in [0.15, 0.2) is 0 Å². The number of benzene rings is 1. The van der Waals surface area contributed by atoms with Gasteiger partial charge in [0, 0.05) is 44.8 Å². The lowest BCUT2D eigenvalue weighted by atomic mass is 10.1. The zero-order valence-corrected chi connectivity index (χ0v) is 15.0. The maximum Gasteiger partial charge on any atom is 0.253 e. The number of likely N-dealkylation sites (tertiary alicyclic amines) is 1. The molecule has 0 saturated carbocycles. The van der Waals surface area contributed by atoms with Gasteiger partial charge in [0.05, 0.1) is 5.56 Å². The Morgan fingerprint density at radius 3 is 2.84 bits per heavy atom. The van der Waals surface area contributed by atoms with Crippen LogP contribution in [0.4, 0.5) is 5.69 Å². The van der Waals surface area contributed by atoms with Crippen LogP contribution in [0.3, 0.4) is 0 Å². The lowest BCUT2D eigenvalue weighted by Crippen LogP contribution is -2.31. The van der Waals surface area contributed by atoms with Crippen LogP contribution < -0.4 is 10.6 Å². The van der Waals surface area contributed by atoms with Gasteiger partial charge < -0.3 is 10.6 Å². The number of aromatic nitrogens is 1. The van der Waals surface area contributed by atoms with Crippen molar-refractivity contribution in [3.8, 4) is 0 Å². The fourth-order valence-electron chi connectivity index (χ4n) is 3.37. The normalized spacial score (nSPS) is 17.4. The van der Waals surface area contributed by atoms with E-state index in [-0.39, 0.29) is 5.91 Å². The molecule has 5 nitrogen and oxygen atoms in total. The van der Waals surface area contributed by atoms with Crippen LogP contribution >= 0.6 is 0 Å². The van der Waals surface area contributed by atoms with Crippen molar-refractivity contribution in [3.63, 3.8) is 0 Å². The van der Waals surface area contributed by atoms with Crippen LogP contribution in [0.15, 0.2) is 42.7 Å². The van der Waals surface area contributed by atoms with Crippen LogP contribution in [0.1, 0.15) is 27.9 Å². The van der Waals surface area contributed by atoms with Crippen LogP contribution in [0.5, 0.6) is 0 Å². The van der Waals surface area contributed by atoms with Crippen molar-refractivity contribution in [2.45, 2.75) is 19.9 Å². The molecule has 2 aromatic rings. The third kappa shape index (κ3) is 4.57. The SMILES string of the molecule is CNc1ccc(C)cc1C(=O)NC[C@H]1CCN(Cc2ccncc2)C1. The number of carbonyl (C=O) groups is 1. The summed E-state index contributed by atoms with van der Waals surface area (Å²) in [6, 6.07) is 10.0. The highest BCUT2D eigenvalue weighted by atomic mass is 16.1. The largest absolute Gasteiger partial charge is 0.387 e. The van der Waals surface area contributed by atoms with Crippen molar-refractivity contribution in [1.82, 2.24) is 15.2 Å². The molecular formula is C20H26N4O. The van der Waals surface area contributed by atoms with Gasteiger partial charge in [-0.3, -0.25) is 14.7 Å². The van der Waals surface area contributed by atoms with E-state index < -0.39 is 0 Å². The van der Waals surface area contributed by atoms with E-state index in [1.165, 1.54) is 5.56 Å². The van der Waals surface area contributed by atoms with Gasteiger partial charge in [-0.2, -0.15) is 0 Å². The molecule has 5 heteroatoms. The second kappa shape index (κ2) is 8.12. The van der Waals surface area contributed by atoms with E-state index in [1.54, 1.807) is 0 Å². The van der Waals surface area contributed by atoms with Crippen LogP contribution in [0.2, 0.25) is 0 Å². The standard InChI is InChI=1S/C20H26N4O/c1-15-3-4-19(21-2)18(11-15)20(25)23-12-17-7-10-24(14-17)13-16-5-8-22-9-6-16/h3-6,8-9,11,17,21H,7,10,12-14H2,1-2H3,(H,23,25)/t17-/m1/s1. The van der Waals surface area contributed by atoms with E-state index in [1.807, 2.05) is 44.6 Å². The number of carbonyl (C=O) groups excluding carboxylic acids is 1. The molecule has 1 saturated heterocycles. The number of amides is 1. The lowest BCUT2D eigenvalue weighted by Gasteiger charge is -2.17. The fraction of sp³-hybridized carbons (Fsp3) is 0.400. The molecule has 1 atom stereocenters. The number of nitrogens with one attached hydrogen (secondary N) is 2. The molecule has 1 fully saturated rings. The van der Waals surface area contributed by atoms with Crippen LogP contribution in [-0.4, -0.2) is 42.5 Å². The first kappa shape index (κ1) is 17.4. The summed E-state index contributed by atoms with van der Waals surface area (Å²) in [4.78, 5) is 19.0. The van der Waals surface area contributed by atoms with Crippen molar-refractivity contribution in [2.75, 3.05) is 32.0 Å². The first-order chi connectivity index (χ1) is 12.2. The first-order valence-electron chi connectivity index (χ1n) is 8.83. The Morgan fingerprint density at radius 2 is 2.08 bits per heavy atom. The summed E-state index contributed by atoms with van der Waals surface area (Å²) in [7, 11) is 1.84. The van der Waals surface area contributed by atoms with Gasteiger partial charge >= 0.3 is 0 Å². The molecule has 2 N–H and O–H groups in total. The third-order valence-electron chi connectivity index (χ3n) is 4.77. The number of anilines is 1. The summed E-state index contributed by atoms with van der Waals surface area (Å²) in [6.45, 7) is 5.78. The van der Waals surface area contributed by atoms with Gasteiger partial charge in [0.25, 0.3) is 5.91 Å². The van der Waals surface area contributed by atoms with Gasteiger partial charge in [-0.15, -0.1) is 0 Å². The van der Waals surface area contributed by atoms with E-state index in [4.69, 9.17) is 0 Å². The minimum Gasteiger partial charge on any atom is -0.387 e. The summed E-state index contributed by atoms with van der Waals surface area (Å²) in [6.07, 6.45) is 4.80. The molecule has 0 spiro atoms. The molecule has 1 aromatic carbocycles. The first-order valence-corrected chi connectivity index (χ1v) is 8.83. The van der Waals surface area contributed by atoms with Crippen molar-refractivity contribution in [1.29, 1.82) is 0 Å². The molecule has 0 unspecified atom stereocenters. The Balaban J connectivity index is 1.51. The molecule has 1 aliphatic rings. The predicted molar refractivity (Wildman–Crippen MR) is 101 cm³/mol. The zero-order chi connectivity index (χ0) is 17.6. The molecule has 0 radical (unpaired) electrons. The van der Waals surface area contributed by atoms with E-state index in [0.29, 0.717) is 11.5 Å². The lowest BCUT2D eigenvalue weighted by molar-refractivity contribution is 0.0948. The Morgan fingerprint density at radius 1 is 1.28 bits per heavy atom. The molecule has 2 heterocycles. The van der Waals surface area contributed by atoms with E-state index in [9.17, 15) is 4.79 Å². The van der Waals surface area contributed by atoms with E-state index >= 15 is 0 Å². The van der Waals surface area contributed by atoms with E-state index in [0.717, 1.165) is 43.9 Å². The monoisotopic (exact) mass is 338 g/mol. The summed E-state index contributed by atoms with van der Waals surface area (Å²) < 4.78 is 0. The maximum absolute atomic E-state index is 12.5. The van der Waals surface area contributed by atoms with Crippen molar-refractivity contribution >= 4 is 11.6 Å². The molecule has 3 rings (SSSR count). The molecule has 25 heavy (non-hydrogen) atoms. The van der Waals surface area contributed by atoms with Crippen LogP contribution in [-0.2, 0) is 6.54 Å². The molecule has 0 aliphatic carbocycles. The Kier molecular flexibility index (Phi) is 5.66. The average molecular weight is 338 g/mol. The van der Waals surface area contributed by atoms with E-state index in [2.05, 4.69) is 32.7 Å². The summed E-state index contributed by atoms with van der Waals surface area (Å²) in [5, 5.41) is 6.20. The number of hydrogen-bond donors (Lipinski definition) is 2. The summed E-state index contributed by atoms with van der Waals surface area (Å²) in [5.74, 6) is 0.509. The fourth-order valence-corrected chi connectivity index (χ4v) is 3.37. The summed E-state index contributed by atoms with van der Waals surface area (Å²) >= 11 is 0. The number of pyridine rings is 1. The highest BCUT2D eigenvalue weighted by Crippen LogP contribution is 2.19. The molecule has 1 aromatic heterocycles. The maximum atomic E-state index is 12.5. The van der Waals surface area contributed by atoms with Gasteiger partial charge in [-0.05, 0) is 55.6 Å². The van der Waals surface area contributed by atoms with Gasteiger partial charge in [-0.25, -0.2) is 0 Å². The molecular weight excluding hydrogens is 312 g/mol. The van der Waals surface area contributed by atoms with Gasteiger partial charge in [0.2, 0.25) is 0 Å². The zero-order valence-electron chi connectivity index (χ0n) is 15.0. The Hall–Kier alpha value is -2.40. The van der Waals surface area contributed by atoms with Crippen molar-refractivity contribution in [2.24, 2.45) is 5.92 Å². The Bertz CT molecular complexity index is 717. The number of aryl methyl sites for hydroxylation is 1. The second-order valence-corrected chi connectivity index (χ2v) is 6.75. The minimum absolute atomic E-state index is 0.000587. The molecule has 132 valence electrons. The Labute approximate surface area is 149 Å². The number of rotatable bonds is 6. The predicted octanol–water partition coefficient (Wildman–Crippen LogP) is 2.68. The van der Waals surface area contributed by atoms with Crippen molar-refractivity contribution in [3.05, 3.63) is 59.4 Å². The molecule has 0 bridgehead atoms. The average Bonchev–Trinajstić information content (AvgIpc) is 3.08. The van der Waals surface area contributed by atoms with Crippen LogP contribution in [0, 0.1) is 12.8 Å². The molecule has 1 amide bonds. The van der Waals surface area contributed by atoms with Crippen molar-refractivity contribution < 1.29 is 4.79 Å². The summed E-state index contributed by atoms with van der Waals surface area (Å²) in [5.41, 5.74) is 3.97. The number of hydrogen-bond acceptors (Lipinski definition) is 4. The topological polar surface area (TPSA) is 57.3 Å². The smallest absolute Gasteiger partial charge is 0.253 e. The van der Waals surface area contributed by atoms with Gasteiger partial charge in [-0.1, -0.05) is 11.6 Å². The highest BCUT2D eigenvalue weighted by molar-refractivity contribution is 5.99. The van der Waals surface area contributed by atoms with Gasteiger partial charge in [0.1, 0.15) is 0 Å².